The van der Waals surface area contributed by atoms with Crippen LogP contribution < -0.4 is 5.19 Å². The van der Waals surface area contributed by atoms with Crippen molar-refractivity contribution in [3.05, 3.63) is 40.2 Å². The fourth-order valence-corrected chi connectivity index (χ4v) is 2.74. The second-order valence-electron chi connectivity index (χ2n) is 8.44. The van der Waals surface area contributed by atoms with Gasteiger partial charge in [0, 0.05) is 0 Å². The van der Waals surface area contributed by atoms with Crippen molar-refractivity contribution in [3.8, 4) is 0 Å². The first-order chi connectivity index (χ1) is 12.8. The van der Waals surface area contributed by atoms with E-state index in [4.69, 9.17) is 0 Å². The molecule has 6 heteroatoms. The second-order valence-corrected chi connectivity index (χ2v) is 9.52. The van der Waals surface area contributed by atoms with Gasteiger partial charge in [-0.05, 0) is 0 Å². The summed E-state index contributed by atoms with van der Waals surface area (Å²) < 4.78 is 11.7. The van der Waals surface area contributed by atoms with Crippen LogP contribution in [0.3, 0.4) is 0 Å². The second kappa shape index (κ2) is 24.5. The van der Waals surface area contributed by atoms with Gasteiger partial charge in [-0.1, -0.05) is 83.1 Å². The van der Waals surface area contributed by atoms with Gasteiger partial charge < -0.3 is 20.1 Å². The Hall–Kier alpha value is 0.247. The monoisotopic (exact) mass is 593 g/mol. The van der Waals surface area contributed by atoms with Crippen LogP contribution in [-0.2, 0) is 25.8 Å². The summed E-state index contributed by atoms with van der Waals surface area (Å²) in [5.41, 5.74) is 0. The number of halogens is 1. The van der Waals surface area contributed by atoms with E-state index < -0.39 is 9.85 Å². The smallest absolute Gasteiger partial charge is 0.658 e. The number of hydrogen-bond acceptors (Lipinski definition) is 0. The molecule has 1 aromatic rings. The first kappa shape index (κ1) is 36.6. The Morgan fingerprint density at radius 1 is 0.552 bits per heavy atom. The summed E-state index contributed by atoms with van der Waals surface area (Å²) in [4.78, 5) is 0. The van der Waals surface area contributed by atoms with Crippen molar-refractivity contribution in [2.75, 3.05) is 0 Å². The fraction of sp³-hybridized carbons (Fsp3) is 0.783. The van der Waals surface area contributed by atoms with E-state index in [1.54, 1.807) is 0 Å². The van der Waals surface area contributed by atoms with Crippen LogP contribution in [0.5, 0.6) is 0 Å². The summed E-state index contributed by atoms with van der Waals surface area (Å²) >= 11 is 0. The zero-order valence-corrected chi connectivity index (χ0v) is 26.2. The van der Waals surface area contributed by atoms with Gasteiger partial charge in [-0.2, -0.15) is 12.1 Å². The van der Waals surface area contributed by atoms with Crippen molar-refractivity contribution < 1.29 is 30.0 Å². The van der Waals surface area contributed by atoms with Crippen LogP contribution in [0, 0.1) is 0 Å². The molecular formula is C23H48FHfN3Si. The molecule has 29 heavy (non-hydrogen) atoms. The Balaban J connectivity index is -0.000000142. The first-order valence-corrected chi connectivity index (χ1v) is 11.9. The van der Waals surface area contributed by atoms with E-state index in [0.717, 1.165) is 5.19 Å². The normalized spacial score (nSPS) is 10.7. The molecule has 0 fully saturated rings. The third kappa shape index (κ3) is 43.1. The van der Waals surface area contributed by atoms with Crippen molar-refractivity contribution >= 4 is 15.0 Å². The Kier molecular flexibility index (Phi) is 30.9. The van der Waals surface area contributed by atoms with E-state index in [-0.39, 0.29) is 25.8 Å². The minimum Gasteiger partial charge on any atom is -0.658 e. The summed E-state index contributed by atoms with van der Waals surface area (Å²) in [5.74, 6) is 0. The molecule has 0 saturated carbocycles. The molecule has 0 aliphatic carbocycles. The van der Waals surface area contributed by atoms with E-state index in [9.17, 15) is 4.11 Å². The zero-order chi connectivity index (χ0) is 22.7. The van der Waals surface area contributed by atoms with Crippen LogP contribution >= 0.6 is 0 Å². The van der Waals surface area contributed by atoms with Crippen LogP contribution in [0.4, 0.5) is 4.11 Å². The van der Waals surface area contributed by atoms with Gasteiger partial charge in [-0.3, -0.25) is 0 Å². The zero-order valence-electron chi connectivity index (χ0n) is 21.2. The summed E-state index contributed by atoms with van der Waals surface area (Å²) in [6.45, 7) is 25.2. The summed E-state index contributed by atoms with van der Waals surface area (Å²) in [6.07, 6.45) is 0. The van der Waals surface area contributed by atoms with Gasteiger partial charge in [0.05, 0.1) is 0 Å². The molecule has 170 valence electrons. The van der Waals surface area contributed by atoms with Gasteiger partial charge in [0.2, 0.25) is 0 Å². The van der Waals surface area contributed by atoms with Crippen molar-refractivity contribution in [3.63, 3.8) is 0 Å². The van der Waals surface area contributed by atoms with Gasteiger partial charge in [0.1, 0.15) is 0 Å². The summed E-state index contributed by atoms with van der Waals surface area (Å²) in [7, 11) is -1.37. The molecule has 0 aromatic heterocycles. The Morgan fingerprint density at radius 2 is 0.759 bits per heavy atom. The number of nitrogens with zero attached hydrogens (tertiary/aromatic N) is 3. The van der Waals surface area contributed by atoms with Crippen LogP contribution in [0.25, 0.3) is 16.0 Å². The molecular weight excluding hydrogens is 544 g/mol. The van der Waals surface area contributed by atoms with Crippen molar-refractivity contribution in [1.82, 2.24) is 0 Å². The molecule has 0 unspecified atom stereocenters. The molecule has 0 amide bonds. The molecule has 1 rings (SSSR count). The van der Waals surface area contributed by atoms with Crippen LogP contribution in [-0.4, -0.2) is 46.1 Å². The quantitative estimate of drug-likeness (QED) is 0.194. The maximum Gasteiger partial charge on any atom is 4.00 e. The van der Waals surface area contributed by atoms with Gasteiger partial charge in [-0.25, -0.2) is 12.1 Å². The third-order valence-electron chi connectivity index (χ3n) is 2.67. The maximum atomic E-state index is 11.7. The molecule has 0 heterocycles. The molecule has 1 aromatic carbocycles. The molecule has 0 aliphatic rings. The topological polar surface area (TPSA) is 42.3 Å². The van der Waals surface area contributed by atoms with Gasteiger partial charge in [0.25, 0.3) is 0 Å². The minimum absolute atomic E-state index is 0. The molecule has 0 spiro atoms. The molecule has 0 aliphatic heterocycles. The summed E-state index contributed by atoms with van der Waals surface area (Å²) in [5, 5.41) is 13.7. The van der Waals surface area contributed by atoms with Crippen LogP contribution in [0.15, 0.2) is 24.3 Å². The Morgan fingerprint density at radius 3 is 0.828 bits per heavy atom. The minimum atomic E-state index is -1.37. The molecule has 0 N–H and O–H groups in total. The van der Waals surface area contributed by atoms with Crippen molar-refractivity contribution in [2.45, 2.75) is 119 Å². The predicted octanol–water partition coefficient (Wildman–Crippen LogP) is 6.61. The molecule has 3 nitrogen and oxygen atoms in total. The van der Waals surface area contributed by atoms with Gasteiger partial charge in [0.15, 0.2) is 9.85 Å². The largest absolute Gasteiger partial charge is 4.00 e. The van der Waals surface area contributed by atoms with Crippen LogP contribution in [0.2, 0.25) is 0 Å². The van der Waals surface area contributed by atoms with Crippen molar-refractivity contribution in [2.24, 2.45) is 0 Å². The third-order valence-corrected chi connectivity index (χ3v) is 3.45. The average molecular weight is 592 g/mol. The Bertz CT molecular complexity index is 344. The SMILES string of the molecule is CC(C)[N-]C(C)C.CC(C)[N-]C(C)C.CC(C)[N-]C(C)C.F[SiH2][c-]1cccc1.[Hf+4]. The van der Waals surface area contributed by atoms with Gasteiger partial charge >= 0.3 is 25.8 Å². The van der Waals surface area contributed by atoms with E-state index >= 15 is 0 Å². The standard InChI is InChI=1S/3C6H14N.C5H6FSi.Hf/c3*1-5(2)7-6(3)4;6-7-5-3-1-2-4-5;/h3*5-6H,1-4H3;1-4H,7H2;/q4*-1;+4. The first-order valence-electron chi connectivity index (χ1n) is 10.7. The Labute approximate surface area is 203 Å². The predicted molar refractivity (Wildman–Crippen MR) is 132 cm³/mol. The summed E-state index contributed by atoms with van der Waals surface area (Å²) in [6, 6.07) is 10.4. The number of rotatable bonds is 7. The van der Waals surface area contributed by atoms with Gasteiger partial charge in [-0.15, -0.1) is 41.4 Å². The maximum absolute atomic E-state index is 11.7. The van der Waals surface area contributed by atoms with E-state index in [1.807, 2.05) is 24.3 Å². The molecule has 0 bridgehead atoms. The van der Waals surface area contributed by atoms with E-state index in [1.165, 1.54) is 0 Å². The van der Waals surface area contributed by atoms with Crippen molar-refractivity contribution in [1.29, 1.82) is 0 Å². The fourth-order valence-electron chi connectivity index (χ4n) is 2.29. The van der Waals surface area contributed by atoms with E-state index in [0.29, 0.717) is 36.3 Å². The molecule has 0 radical (unpaired) electrons. The average Bonchev–Trinajstić information content (AvgIpc) is 2.97. The molecule has 0 atom stereocenters. The van der Waals surface area contributed by atoms with Crippen LogP contribution in [0.1, 0.15) is 83.1 Å². The van der Waals surface area contributed by atoms with E-state index in [2.05, 4.69) is 99.0 Å². The number of hydrogen-bond donors (Lipinski definition) is 0. The molecule has 0 saturated heterocycles.